The SMILES string of the molecule is Cc1cccc(C(O)c2ccc(Cl)o2)c1C. The Kier molecular flexibility index (Phi) is 3.03. The second-order valence-electron chi connectivity index (χ2n) is 3.83. The van der Waals surface area contributed by atoms with Crippen LogP contribution in [0.2, 0.25) is 5.22 Å². The van der Waals surface area contributed by atoms with Crippen LogP contribution in [-0.4, -0.2) is 5.11 Å². The summed E-state index contributed by atoms with van der Waals surface area (Å²) in [5.74, 6) is 0.471. The minimum Gasteiger partial charge on any atom is -0.447 e. The molecule has 84 valence electrons. The lowest BCUT2D eigenvalue weighted by molar-refractivity contribution is 0.189. The minimum absolute atomic E-state index is 0.291. The van der Waals surface area contributed by atoms with Gasteiger partial charge in [0.05, 0.1) is 0 Å². The highest BCUT2D eigenvalue weighted by Gasteiger charge is 2.16. The molecule has 3 heteroatoms. The van der Waals surface area contributed by atoms with Crippen LogP contribution in [0, 0.1) is 13.8 Å². The second-order valence-corrected chi connectivity index (χ2v) is 4.21. The molecule has 0 saturated heterocycles. The van der Waals surface area contributed by atoms with Crippen LogP contribution in [0.3, 0.4) is 0 Å². The maximum absolute atomic E-state index is 10.2. The highest BCUT2D eigenvalue weighted by atomic mass is 35.5. The normalized spacial score (nSPS) is 12.8. The Bertz CT molecular complexity index is 502. The van der Waals surface area contributed by atoms with Crippen LogP contribution in [0.4, 0.5) is 0 Å². The molecule has 1 atom stereocenters. The Morgan fingerprint density at radius 1 is 1.19 bits per heavy atom. The highest BCUT2D eigenvalue weighted by molar-refractivity contribution is 6.28. The summed E-state index contributed by atoms with van der Waals surface area (Å²) in [5, 5.41) is 10.4. The standard InChI is InChI=1S/C13H13ClO2/c1-8-4-3-5-10(9(8)2)13(15)11-6-7-12(14)16-11/h3-7,13,15H,1-2H3. The van der Waals surface area contributed by atoms with E-state index in [1.165, 1.54) is 0 Å². The van der Waals surface area contributed by atoms with Gasteiger partial charge < -0.3 is 9.52 Å². The molecular weight excluding hydrogens is 224 g/mol. The zero-order chi connectivity index (χ0) is 11.7. The van der Waals surface area contributed by atoms with E-state index < -0.39 is 6.10 Å². The summed E-state index contributed by atoms with van der Waals surface area (Å²) in [6.07, 6.45) is -0.757. The van der Waals surface area contributed by atoms with Crippen molar-refractivity contribution in [1.82, 2.24) is 0 Å². The van der Waals surface area contributed by atoms with E-state index in [1.54, 1.807) is 12.1 Å². The van der Waals surface area contributed by atoms with E-state index in [9.17, 15) is 5.11 Å². The lowest BCUT2D eigenvalue weighted by atomic mass is 9.98. The fraction of sp³-hybridized carbons (Fsp3) is 0.231. The maximum atomic E-state index is 10.2. The average Bonchev–Trinajstić information content (AvgIpc) is 2.68. The number of benzene rings is 1. The Hall–Kier alpha value is -1.25. The predicted molar refractivity (Wildman–Crippen MR) is 63.7 cm³/mol. The predicted octanol–water partition coefficient (Wildman–Crippen LogP) is 3.63. The fourth-order valence-electron chi connectivity index (χ4n) is 1.70. The molecule has 2 nitrogen and oxygen atoms in total. The monoisotopic (exact) mass is 236 g/mol. The zero-order valence-corrected chi connectivity index (χ0v) is 9.95. The molecule has 0 aliphatic heterocycles. The van der Waals surface area contributed by atoms with Crippen LogP contribution in [0.15, 0.2) is 34.7 Å². The number of aryl methyl sites for hydroxylation is 1. The minimum atomic E-state index is -0.757. The van der Waals surface area contributed by atoms with Crippen molar-refractivity contribution in [3.63, 3.8) is 0 Å². The molecule has 1 unspecified atom stereocenters. The molecule has 0 saturated carbocycles. The largest absolute Gasteiger partial charge is 0.447 e. The van der Waals surface area contributed by atoms with Gasteiger partial charge in [-0.2, -0.15) is 0 Å². The molecule has 0 fully saturated rings. The van der Waals surface area contributed by atoms with Crippen LogP contribution in [0.1, 0.15) is 28.6 Å². The van der Waals surface area contributed by atoms with Crippen molar-refractivity contribution in [1.29, 1.82) is 0 Å². The fourth-order valence-corrected chi connectivity index (χ4v) is 1.85. The number of halogens is 1. The van der Waals surface area contributed by atoms with Gasteiger partial charge in [-0.15, -0.1) is 0 Å². The molecule has 0 spiro atoms. The van der Waals surface area contributed by atoms with E-state index in [0.29, 0.717) is 11.0 Å². The summed E-state index contributed by atoms with van der Waals surface area (Å²) >= 11 is 5.69. The van der Waals surface area contributed by atoms with Gasteiger partial charge in [0, 0.05) is 0 Å². The average molecular weight is 237 g/mol. The lowest BCUT2D eigenvalue weighted by Crippen LogP contribution is -2.01. The summed E-state index contributed by atoms with van der Waals surface area (Å²) in [5.41, 5.74) is 3.07. The van der Waals surface area contributed by atoms with Gasteiger partial charge in [-0.3, -0.25) is 0 Å². The van der Waals surface area contributed by atoms with Crippen molar-refractivity contribution in [3.05, 3.63) is 58.0 Å². The molecule has 0 amide bonds. The van der Waals surface area contributed by atoms with Crippen molar-refractivity contribution < 1.29 is 9.52 Å². The summed E-state index contributed by atoms with van der Waals surface area (Å²) in [6, 6.07) is 9.15. The Morgan fingerprint density at radius 3 is 2.56 bits per heavy atom. The van der Waals surface area contributed by atoms with E-state index in [0.717, 1.165) is 16.7 Å². The number of furan rings is 1. The number of hydrogen-bond acceptors (Lipinski definition) is 2. The maximum Gasteiger partial charge on any atom is 0.193 e. The molecule has 16 heavy (non-hydrogen) atoms. The first kappa shape index (κ1) is 11.2. The van der Waals surface area contributed by atoms with Crippen LogP contribution in [-0.2, 0) is 0 Å². The smallest absolute Gasteiger partial charge is 0.193 e. The molecule has 1 N–H and O–H groups in total. The second kappa shape index (κ2) is 4.32. The van der Waals surface area contributed by atoms with Gasteiger partial charge in [-0.25, -0.2) is 0 Å². The first-order valence-corrected chi connectivity index (χ1v) is 5.47. The first-order chi connectivity index (χ1) is 7.59. The zero-order valence-electron chi connectivity index (χ0n) is 9.20. The van der Waals surface area contributed by atoms with E-state index in [4.69, 9.17) is 16.0 Å². The number of aliphatic hydroxyl groups excluding tert-OH is 1. The first-order valence-electron chi connectivity index (χ1n) is 5.09. The van der Waals surface area contributed by atoms with Crippen molar-refractivity contribution in [3.8, 4) is 0 Å². The third kappa shape index (κ3) is 1.99. The van der Waals surface area contributed by atoms with Crippen molar-refractivity contribution in [2.45, 2.75) is 20.0 Å². The van der Waals surface area contributed by atoms with E-state index in [2.05, 4.69) is 0 Å². The van der Waals surface area contributed by atoms with Crippen LogP contribution in [0.5, 0.6) is 0 Å². The van der Waals surface area contributed by atoms with Gasteiger partial charge in [0.15, 0.2) is 5.22 Å². The molecule has 2 aromatic rings. The van der Waals surface area contributed by atoms with Gasteiger partial charge in [0.1, 0.15) is 11.9 Å². The molecule has 1 heterocycles. The Labute approximate surface area is 99.5 Å². The van der Waals surface area contributed by atoms with Crippen LogP contribution in [0.25, 0.3) is 0 Å². The van der Waals surface area contributed by atoms with E-state index in [1.807, 2.05) is 32.0 Å². The third-order valence-electron chi connectivity index (χ3n) is 2.80. The molecule has 1 aromatic heterocycles. The summed E-state index contributed by atoms with van der Waals surface area (Å²) in [6.45, 7) is 4.00. The molecule has 2 rings (SSSR count). The van der Waals surface area contributed by atoms with Gasteiger partial charge in [0.2, 0.25) is 0 Å². The topological polar surface area (TPSA) is 33.4 Å². The van der Waals surface area contributed by atoms with Crippen molar-refractivity contribution in [2.24, 2.45) is 0 Å². The highest BCUT2D eigenvalue weighted by Crippen LogP contribution is 2.28. The number of aliphatic hydroxyl groups is 1. The van der Waals surface area contributed by atoms with Gasteiger partial charge in [-0.05, 0) is 54.3 Å². The summed E-state index contributed by atoms with van der Waals surface area (Å²) in [7, 11) is 0. The molecular formula is C13H13ClO2. The number of rotatable bonds is 2. The Morgan fingerprint density at radius 2 is 1.94 bits per heavy atom. The van der Waals surface area contributed by atoms with Crippen LogP contribution < -0.4 is 0 Å². The van der Waals surface area contributed by atoms with Gasteiger partial charge in [0.25, 0.3) is 0 Å². The third-order valence-corrected chi connectivity index (χ3v) is 3.01. The van der Waals surface area contributed by atoms with E-state index >= 15 is 0 Å². The molecule has 0 aliphatic rings. The summed E-state index contributed by atoms with van der Waals surface area (Å²) < 4.78 is 5.21. The lowest BCUT2D eigenvalue weighted by Gasteiger charge is -2.13. The molecule has 1 aromatic carbocycles. The molecule has 0 bridgehead atoms. The van der Waals surface area contributed by atoms with Crippen molar-refractivity contribution in [2.75, 3.05) is 0 Å². The molecule has 0 aliphatic carbocycles. The molecule has 0 radical (unpaired) electrons. The summed E-state index contributed by atoms with van der Waals surface area (Å²) in [4.78, 5) is 0. The van der Waals surface area contributed by atoms with E-state index in [-0.39, 0.29) is 0 Å². The van der Waals surface area contributed by atoms with Crippen LogP contribution >= 0.6 is 11.6 Å². The number of hydrogen-bond donors (Lipinski definition) is 1. The Balaban J connectivity index is 2.41. The quantitative estimate of drug-likeness (QED) is 0.864. The van der Waals surface area contributed by atoms with Gasteiger partial charge in [-0.1, -0.05) is 18.2 Å². The van der Waals surface area contributed by atoms with Gasteiger partial charge >= 0.3 is 0 Å². The van der Waals surface area contributed by atoms with Crippen molar-refractivity contribution >= 4 is 11.6 Å².